The van der Waals surface area contributed by atoms with Gasteiger partial charge in [0, 0.05) is 28.8 Å². The van der Waals surface area contributed by atoms with Gasteiger partial charge < -0.3 is 7.16 Å². The number of thiocarbonyl (C=S) groups is 1. The third kappa shape index (κ3) is 19.2. The van der Waals surface area contributed by atoms with E-state index < -0.39 is 0 Å². The van der Waals surface area contributed by atoms with Crippen molar-refractivity contribution in [1.82, 2.24) is 4.84 Å². The molecule has 0 amide bonds. The van der Waals surface area contributed by atoms with Gasteiger partial charge in [-0.15, -0.1) is 0 Å². The van der Waals surface area contributed by atoms with E-state index in [4.69, 9.17) is 17.5 Å². The van der Waals surface area contributed by atoms with E-state index in [2.05, 4.69) is 12.2 Å². The summed E-state index contributed by atoms with van der Waals surface area (Å²) in [5.74, 6) is 0. The fourth-order valence-electron chi connectivity index (χ4n) is 0. The Morgan fingerprint density at radius 3 is 2.00 bits per heavy atom. The molecule has 0 aliphatic carbocycles. The second-order valence-corrected chi connectivity index (χ2v) is 1.09. The van der Waals surface area contributed by atoms with Crippen LogP contribution in [0.1, 0.15) is 1.43 Å². The molecule has 0 aliphatic rings. The van der Waals surface area contributed by atoms with Crippen molar-refractivity contribution >= 4 is 29.1 Å². The maximum absolute atomic E-state index is 4.82. The van der Waals surface area contributed by atoms with Crippen molar-refractivity contribution < 1.29 is 37.4 Å². The molecule has 0 spiro atoms. The molecule has 0 aromatic heterocycles. The van der Waals surface area contributed by atoms with Crippen LogP contribution in [-0.2, 0) is 17.1 Å². The summed E-state index contributed by atoms with van der Waals surface area (Å²) in [5, 5.41) is 0.103. The van der Waals surface area contributed by atoms with Crippen LogP contribution >= 0.6 is 24.0 Å². The van der Waals surface area contributed by atoms with E-state index in [0.717, 1.165) is 0 Å². The van der Waals surface area contributed by atoms with Crippen LogP contribution in [0.5, 0.6) is 0 Å². The van der Waals surface area contributed by atoms with Gasteiger partial charge in [0.15, 0.2) is 5.11 Å². The molecule has 0 unspecified atom stereocenters. The molecule has 0 radical (unpaired) electrons. The van der Waals surface area contributed by atoms with Crippen LogP contribution in [0.3, 0.4) is 0 Å². The molecule has 0 saturated heterocycles. The Bertz CT molecular complexity index is 57.3. The molecule has 0 aromatic carbocycles. The van der Waals surface area contributed by atoms with Crippen molar-refractivity contribution in [3.63, 3.8) is 0 Å². The van der Waals surface area contributed by atoms with E-state index in [1.54, 1.807) is 0 Å². The zero-order chi connectivity index (χ0) is 4.28. The monoisotopic (exact) mass is 174 g/mol. The maximum Gasteiger partial charge on any atom is 1.00 e. The average Bonchev–Trinajstić information content (AvgIpc) is 1.38. The van der Waals surface area contributed by atoms with Crippen molar-refractivity contribution in [3.8, 4) is 0 Å². The van der Waals surface area contributed by atoms with Crippen LogP contribution in [0, 0.1) is 0 Å². The topological polar surface area (TPSA) is 38.0 Å². The molecule has 0 bridgehead atoms. The molecule has 7 heavy (non-hydrogen) atoms. The van der Waals surface area contributed by atoms with Gasteiger partial charge in [0.25, 0.3) is 0 Å². The maximum atomic E-state index is 4.82. The molecule has 0 fully saturated rings. The van der Waals surface area contributed by atoms with Gasteiger partial charge >= 0.3 is 18.9 Å². The van der Waals surface area contributed by atoms with Gasteiger partial charge in [-0.2, -0.15) is 0 Å². The summed E-state index contributed by atoms with van der Waals surface area (Å²) in [6, 6.07) is 0. The number of hydrogen-bond acceptors (Lipinski definition) is 1. The Hall–Kier alpha value is 1.10. The Kier molecular flexibility index (Phi) is 22.8. The van der Waals surface area contributed by atoms with Gasteiger partial charge in [-0.25, -0.2) is 0 Å². The van der Waals surface area contributed by atoms with Crippen LogP contribution in [0.4, 0.5) is 0 Å². The first-order valence-electron chi connectivity index (χ1n) is 0.932. The molecule has 0 heterocycles. The quantitative estimate of drug-likeness (QED) is 0.235. The predicted molar refractivity (Wildman–Crippen MR) is 26.9 cm³/mol. The molecular formula is CH4ClFeLiN2S. The van der Waals surface area contributed by atoms with Crippen molar-refractivity contribution in [1.29, 1.82) is 0 Å². The fraction of sp³-hybridized carbons (Fsp3) is 0. The van der Waals surface area contributed by atoms with Crippen molar-refractivity contribution in [2.24, 2.45) is 5.73 Å². The smallest absolute Gasteiger partial charge is 1.00 e. The number of nitrogens with two attached hydrogens (primary N) is 1. The summed E-state index contributed by atoms with van der Waals surface area (Å²) >= 11 is 9.05. The van der Waals surface area contributed by atoms with E-state index >= 15 is 0 Å². The third-order valence-electron chi connectivity index (χ3n) is 0.0931. The second-order valence-electron chi connectivity index (χ2n) is 0.459. The van der Waals surface area contributed by atoms with Crippen LogP contribution in [0.2, 0.25) is 0 Å². The molecule has 3 N–H and O–H groups in total. The van der Waals surface area contributed by atoms with Crippen LogP contribution in [0.25, 0.3) is 0 Å². The molecule has 0 aliphatic heterocycles. The zero-order valence-electron chi connectivity index (χ0n) is 4.72. The normalized spacial score (nSPS) is 4.71. The number of nitrogens with one attached hydrogen (secondary N) is 1. The van der Waals surface area contributed by atoms with Crippen molar-refractivity contribution in [2.45, 2.75) is 0 Å². The minimum Gasteiger partial charge on any atom is -1.00 e. The number of halogens is 1. The van der Waals surface area contributed by atoms with Crippen molar-refractivity contribution in [2.75, 3.05) is 0 Å². The molecule has 2 nitrogen and oxygen atoms in total. The summed E-state index contributed by atoms with van der Waals surface area (Å²) in [6.45, 7) is 0. The Balaban J connectivity index is -0.0000000267. The van der Waals surface area contributed by atoms with Gasteiger partial charge in [-0.3, -0.25) is 4.84 Å². The van der Waals surface area contributed by atoms with Gasteiger partial charge in [-0.05, 0) is 12.2 Å². The minimum atomic E-state index is 0. The molecule has 0 saturated carbocycles. The van der Waals surface area contributed by atoms with Gasteiger partial charge in [-0.1, -0.05) is 0 Å². The van der Waals surface area contributed by atoms with Crippen LogP contribution in [-0.4, -0.2) is 5.11 Å². The molecular weight excluding hydrogens is 170 g/mol. The van der Waals surface area contributed by atoms with E-state index in [-0.39, 0.29) is 42.5 Å². The van der Waals surface area contributed by atoms with Gasteiger partial charge in [0.1, 0.15) is 0 Å². The van der Waals surface area contributed by atoms with E-state index in [9.17, 15) is 0 Å². The minimum absolute atomic E-state index is 0. The summed E-state index contributed by atoms with van der Waals surface area (Å²) in [4.78, 5) is 2.01. The Morgan fingerprint density at radius 1 is 1.86 bits per heavy atom. The largest absolute Gasteiger partial charge is 1.00 e. The number of hydrogen-bond donors (Lipinski definition) is 2. The van der Waals surface area contributed by atoms with E-state index in [1.165, 1.54) is 0 Å². The third-order valence-corrected chi connectivity index (χ3v) is 0.511. The molecule has 40 valence electrons. The van der Waals surface area contributed by atoms with Gasteiger partial charge in [0.05, 0.1) is 0 Å². The first-order valence-corrected chi connectivity index (χ1v) is 1.72. The average molecular weight is 174 g/mol. The summed E-state index contributed by atoms with van der Waals surface area (Å²) < 4.78 is 0. The second kappa shape index (κ2) is 10.2. The zero-order valence-corrected chi connectivity index (χ0v) is 6.39. The van der Waals surface area contributed by atoms with E-state index in [0.29, 0.717) is 0 Å². The Morgan fingerprint density at radius 2 is 2.00 bits per heavy atom. The first kappa shape index (κ1) is 15.7. The van der Waals surface area contributed by atoms with Gasteiger partial charge in [0.2, 0.25) is 0 Å². The summed E-state index contributed by atoms with van der Waals surface area (Å²) in [5.41, 5.74) is 4.78. The molecule has 0 aromatic rings. The van der Waals surface area contributed by atoms with Crippen molar-refractivity contribution in [3.05, 3.63) is 0 Å². The number of rotatable bonds is 0. The first-order chi connectivity index (χ1) is 2.27. The standard InChI is InChI=1S/CH3ClN2S.Fe.Li.H/c2-4-1(3)5;;;/h(H3,3,4,5);;;/q;;+1;-1. The molecule has 0 atom stereocenters. The fourth-order valence-corrected chi connectivity index (χ4v) is 0. The van der Waals surface area contributed by atoms with Crippen LogP contribution < -0.4 is 29.4 Å². The SMILES string of the molecule is NC(=S)NCl.[Fe].[H-].[Li+]. The summed E-state index contributed by atoms with van der Waals surface area (Å²) in [6.07, 6.45) is 0. The summed E-state index contributed by atoms with van der Waals surface area (Å²) in [7, 11) is 0. The van der Waals surface area contributed by atoms with Crippen LogP contribution in [0.15, 0.2) is 0 Å². The Labute approximate surface area is 76.8 Å². The predicted octanol–water partition coefficient (Wildman–Crippen LogP) is -2.91. The van der Waals surface area contributed by atoms with E-state index in [1.807, 2.05) is 4.84 Å². The molecule has 0 rings (SSSR count). The molecule has 6 heteroatoms.